The van der Waals surface area contributed by atoms with Crippen molar-refractivity contribution in [2.24, 2.45) is 0 Å². The van der Waals surface area contributed by atoms with Gasteiger partial charge in [-0.15, -0.1) is 0 Å². The highest BCUT2D eigenvalue weighted by Crippen LogP contribution is 2.11. The molecular formula is C7H8BO4S. The van der Waals surface area contributed by atoms with Crippen molar-refractivity contribution in [1.29, 1.82) is 0 Å². The second-order valence-corrected chi connectivity index (χ2v) is 4.04. The maximum atomic E-state index is 11.1. The molecule has 0 heterocycles. The van der Waals surface area contributed by atoms with Gasteiger partial charge in [0.1, 0.15) is 0 Å². The molecule has 1 N–H and O–H groups in total. The molecule has 0 amide bonds. The first-order chi connectivity index (χ1) is 6.06. The van der Waals surface area contributed by atoms with Gasteiger partial charge in [0.25, 0.3) is 10.1 Å². The molecule has 1 aromatic rings. The van der Waals surface area contributed by atoms with Crippen molar-refractivity contribution in [2.75, 3.05) is 0 Å². The van der Waals surface area contributed by atoms with Gasteiger partial charge in [-0.25, -0.2) is 0 Å². The van der Waals surface area contributed by atoms with Crippen molar-refractivity contribution in [2.45, 2.75) is 11.8 Å². The maximum Gasteiger partial charge on any atom is 0.501 e. The molecule has 0 fully saturated rings. The molecule has 0 aliphatic carbocycles. The third-order valence-electron chi connectivity index (χ3n) is 1.48. The highest BCUT2D eigenvalue weighted by Gasteiger charge is 2.14. The Balaban J connectivity index is 3.02. The van der Waals surface area contributed by atoms with Crippen molar-refractivity contribution in [3.63, 3.8) is 0 Å². The number of hydrogen-bond donors (Lipinski definition) is 1. The third kappa shape index (κ3) is 2.55. The van der Waals surface area contributed by atoms with Crippen LogP contribution in [0.15, 0.2) is 29.2 Å². The fraction of sp³-hybridized carbons (Fsp3) is 0.143. The van der Waals surface area contributed by atoms with Gasteiger partial charge in [-0.05, 0) is 19.1 Å². The Morgan fingerprint density at radius 2 is 1.85 bits per heavy atom. The van der Waals surface area contributed by atoms with Crippen LogP contribution in [0.3, 0.4) is 0 Å². The summed E-state index contributed by atoms with van der Waals surface area (Å²) in [5.41, 5.74) is 0.951. The third-order valence-corrected chi connectivity index (χ3v) is 2.67. The first-order valence-electron chi connectivity index (χ1n) is 3.52. The van der Waals surface area contributed by atoms with Gasteiger partial charge in [0, 0.05) is 0 Å². The van der Waals surface area contributed by atoms with Crippen LogP contribution in [0.5, 0.6) is 0 Å². The van der Waals surface area contributed by atoms with Crippen LogP contribution in [0.25, 0.3) is 0 Å². The SMILES string of the molecule is Cc1ccc(S(=O)(=O)O[B]O)cc1. The highest BCUT2D eigenvalue weighted by atomic mass is 32.2. The van der Waals surface area contributed by atoms with Gasteiger partial charge >= 0.3 is 7.69 Å². The summed E-state index contributed by atoms with van der Waals surface area (Å²) in [6, 6.07) is 6.11. The van der Waals surface area contributed by atoms with Crippen LogP contribution in [-0.4, -0.2) is 21.1 Å². The molecule has 4 nitrogen and oxygen atoms in total. The lowest BCUT2D eigenvalue weighted by Gasteiger charge is -2.01. The molecule has 0 bridgehead atoms. The first kappa shape index (κ1) is 10.2. The largest absolute Gasteiger partial charge is 0.501 e. The molecule has 6 heteroatoms. The molecular weight excluding hydrogens is 191 g/mol. The van der Waals surface area contributed by atoms with Crippen LogP contribution in [0.1, 0.15) is 5.56 Å². The summed E-state index contributed by atoms with van der Waals surface area (Å²) in [5.74, 6) is 0. The number of aryl methyl sites for hydroxylation is 1. The average molecular weight is 199 g/mol. The van der Waals surface area contributed by atoms with E-state index in [1.807, 2.05) is 6.92 Å². The molecule has 0 aromatic heterocycles. The van der Waals surface area contributed by atoms with Crippen molar-refractivity contribution < 1.29 is 17.5 Å². The first-order valence-corrected chi connectivity index (χ1v) is 4.93. The van der Waals surface area contributed by atoms with Crippen LogP contribution >= 0.6 is 0 Å². The molecule has 0 aliphatic heterocycles. The second-order valence-electron chi connectivity index (χ2n) is 2.47. The topological polar surface area (TPSA) is 63.6 Å². The van der Waals surface area contributed by atoms with E-state index in [-0.39, 0.29) is 12.6 Å². The normalized spacial score (nSPS) is 11.2. The molecule has 69 valence electrons. The van der Waals surface area contributed by atoms with E-state index in [2.05, 4.69) is 4.10 Å². The molecule has 0 saturated heterocycles. The van der Waals surface area contributed by atoms with Crippen LogP contribution in [0.4, 0.5) is 0 Å². The van der Waals surface area contributed by atoms with Gasteiger partial charge in [0.05, 0.1) is 4.90 Å². The summed E-state index contributed by atoms with van der Waals surface area (Å²) in [7, 11) is -3.68. The van der Waals surface area contributed by atoms with Gasteiger partial charge < -0.3 is 5.02 Å². The number of hydrogen-bond acceptors (Lipinski definition) is 4. The van der Waals surface area contributed by atoms with Crippen LogP contribution in [0, 0.1) is 6.92 Å². The lowest BCUT2D eigenvalue weighted by molar-refractivity contribution is 0.435. The second kappa shape index (κ2) is 3.91. The lowest BCUT2D eigenvalue weighted by atomic mass is 10.2. The summed E-state index contributed by atoms with van der Waals surface area (Å²) in [4.78, 5) is 0.0170. The zero-order valence-electron chi connectivity index (χ0n) is 6.97. The summed E-state index contributed by atoms with van der Waals surface area (Å²) < 4.78 is 26.3. The minimum Gasteiger partial charge on any atom is -0.428 e. The smallest absolute Gasteiger partial charge is 0.428 e. The average Bonchev–Trinajstić information content (AvgIpc) is 2.05. The predicted molar refractivity (Wildman–Crippen MR) is 47.4 cm³/mol. The predicted octanol–water partition coefficient (Wildman–Crippen LogP) is 0.227. The van der Waals surface area contributed by atoms with Gasteiger partial charge in [-0.2, -0.15) is 8.42 Å². The Bertz CT molecular complexity index is 370. The van der Waals surface area contributed by atoms with E-state index in [0.29, 0.717) is 0 Å². The summed E-state index contributed by atoms with van der Waals surface area (Å²) in [5, 5.41) is 8.19. The van der Waals surface area contributed by atoms with Gasteiger partial charge in [0.2, 0.25) is 0 Å². The molecule has 0 atom stereocenters. The van der Waals surface area contributed by atoms with E-state index < -0.39 is 10.1 Å². The fourth-order valence-electron chi connectivity index (χ4n) is 0.817. The molecule has 1 rings (SSSR count). The maximum absolute atomic E-state index is 11.1. The van der Waals surface area contributed by atoms with Crippen molar-refractivity contribution >= 4 is 17.8 Å². The van der Waals surface area contributed by atoms with Crippen molar-refractivity contribution in [1.82, 2.24) is 0 Å². The van der Waals surface area contributed by atoms with Crippen molar-refractivity contribution in [3.8, 4) is 0 Å². The quantitative estimate of drug-likeness (QED) is 0.707. The van der Waals surface area contributed by atoms with Crippen molar-refractivity contribution in [3.05, 3.63) is 29.8 Å². The van der Waals surface area contributed by atoms with E-state index >= 15 is 0 Å². The Hall–Kier alpha value is -0.845. The van der Waals surface area contributed by atoms with E-state index in [0.717, 1.165) is 5.56 Å². The van der Waals surface area contributed by atoms with Gasteiger partial charge in [-0.3, -0.25) is 4.10 Å². The molecule has 13 heavy (non-hydrogen) atoms. The monoisotopic (exact) mass is 199 g/mol. The Morgan fingerprint density at radius 3 is 2.31 bits per heavy atom. The van der Waals surface area contributed by atoms with Crippen LogP contribution in [-0.2, 0) is 14.2 Å². The number of rotatable bonds is 3. The van der Waals surface area contributed by atoms with E-state index in [9.17, 15) is 8.42 Å². The number of benzene rings is 1. The summed E-state index contributed by atoms with van der Waals surface area (Å²) in [6.07, 6.45) is 0. The minimum atomic E-state index is -3.83. The summed E-state index contributed by atoms with van der Waals surface area (Å²) in [6.45, 7) is 1.84. The van der Waals surface area contributed by atoms with E-state index in [1.165, 1.54) is 12.1 Å². The molecule has 1 aromatic carbocycles. The lowest BCUT2D eigenvalue weighted by Crippen LogP contribution is -2.09. The Morgan fingerprint density at radius 1 is 1.31 bits per heavy atom. The molecule has 0 unspecified atom stereocenters. The van der Waals surface area contributed by atoms with Gasteiger partial charge in [-0.1, -0.05) is 17.7 Å². The molecule has 0 spiro atoms. The fourth-order valence-corrected chi connectivity index (χ4v) is 1.51. The van der Waals surface area contributed by atoms with Crippen LogP contribution < -0.4 is 0 Å². The highest BCUT2D eigenvalue weighted by molar-refractivity contribution is 7.87. The molecule has 0 aliphatic rings. The molecule has 0 saturated carbocycles. The zero-order valence-corrected chi connectivity index (χ0v) is 7.78. The van der Waals surface area contributed by atoms with E-state index in [4.69, 9.17) is 5.02 Å². The van der Waals surface area contributed by atoms with E-state index in [1.54, 1.807) is 12.1 Å². The Labute approximate surface area is 77.6 Å². The standard InChI is InChI=1S/C7H8BO4S/c1-6-2-4-7(5-3-6)13(10,11)12-8-9/h2-5,9H,1H3. The van der Waals surface area contributed by atoms with Crippen LogP contribution in [0.2, 0.25) is 0 Å². The van der Waals surface area contributed by atoms with Gasteiger partial charge in [0.15, 0.2) is 0 Å². The zero-order chi connectivity index (χ0) is 9.90. The summed E-state index contributed by atoms with van der Waals surface area (Å²) >= 11 is 0. The minimum absolute atomic E-state index is 0.0170. The Kier molecular flexibility index (Phi) is 3.08. The molecule has 1 radical (unpaired) electrons.